The minimum atomic E-state index is -1.64. The highest BCUT2D eigenvalue weighted by molar-refractivity contribution is 6.38. The number of nitrogens with zero attached hydrogens (tertiary/aromatic N) is 3. The lowest BCUT2D eigenvalue weighted by atomic mass is 9.72. The highest BCUT2D eigenvalue weighted by Gasteiger charge is 2.62. The average Bonchev–Trinajstić information content (AvgIpc) is 3.98. The van der Waals surface area contributed by atoms with Crippen LogP contribution < -0.4 is 20.7 Å². The number of hydrogen-bond donors (Lipinski definition) is 4. The summed E-state index contributed by atoms with van der Waals surface area (Å²) in [5.74, 6) is 0.319. The molecule has 4 aliphatic heterocycles. The monoisotopic (exact) mass is 792 g/mol. The van der Waals surface area contributed by atoms with E-state index in [0.717, 1.165) is 44.4 Å². The molecular weight excluding hydrogens is 755 g/mol. The summed E-state index contributed by atoms with van der Waals surface area (Å²) in [5, 5.41) is 22.3. The quantitative estimate of drug-likeness (QED) is 0.138. The number of halogens is 2. The lowest BCUT2D eigenvalue weighted by molar-refractivity contribution is -0.143. The van der Waals surface area contributed by atoms with Crippen molar-refractivity contribution in [2.45, 2.75) is 76.3 Å². The number of aliphatic hydroxyl groups is 1. The first kappa shape index (κ1) is 35.1. The molecular formula is C42H38Cl2N6O6. The maximum absolute atomic E-state index is 14.3. The van der Waals surface area contributed by atoms with Crippen molar-refractivity contribution in [1.29, 1.82) is 0 Å². The number of aromatic nitrogens is 3. The zero-order valence-electron chi connectivity index (χ0n) is 31.2. The largest absolute Gasteiger partial charge is 0.469 e. The lowest BCUT2D eigenvalue weighted by Crippen LogP contribution is -2.55. The van der Waals surface area contributed by atoms with E-state index in [1.54, 1.807) is 13.8 Å². The number of amides is 2. The van der Waals surface area contributed by atoms with Gasteiger partial charge in [0.25, 0.3) is 11.8 Å². The number of carbonyl (C=O) groups excluding carboxylic acids is 2. The van der Waals surface area contributed by atoms with Crippen molar-refractivity contribution < 1.29 is 28.3 Å². The number of anilines is 1. The summed E-state index contributed by atoms with van der Waals surface area (Å²) >= 11 is 14.1. The van der Waals surface area contributed by atoms with Gasteiger partial charge in [-0.25, -0.2) is 4.98 Å². The van der Waals surface area contributed by atoms with Gasteiger partial charge in [0, 0.05) is 41.2 Å². The molecule has 4 N–H and O–H groups in total. The Morgan fingerprint density at radius 1 is 1.05 bits per heavy atom. The zero-order valence-corrected chi connectivity index (χ0v) is 32.7. The predicted molar refractivity (Wildman–Crippen MR) is 211 cm³/mol. The van der Waals surface area contributed by atoms with E-state index >= 15 is 0 Å². The van der Waals surface area contributed by atoms with Crippen LogP contribution in [0.1, 0.15) is 74.9 Å². The average molecular weight is 794 g/mol. The van der Waals surface area contributed by atoms with E-state index in [1.807, 2.05) is 61.9 Å². The fraction of sp³-hybridized carbons (Fsp3) is 0.333. The van der Waals surface area contributed by atoms with Gasteiger partial charge in [-0.1, -0.05) is 93.4 Å². The molecule has 0 saturated carbocycles. The second-order valence-corrected chi connectivity index (χ2v) is 16.2. The van der Waals surface area contributed by atoms with Crippen molar-refractivity contribution in [2.75, 3.05) is 5.32 Å². The van der Waals surface area contributed by atoms with Crippen LogP contribution in [-0.4, -0.2) is 49.3 Å². The number of aryl methyl sites for hydroxylation is 1. The Hall–Kier alpha value is -5.30. The van der Waals surface area contributed by atoms with Crippen LogP contribution in [0.3, 0.4) is 0 Å². The van der Waals surface area contributed by atoms with Crippen molar-refractivity contribution in [3.63, 3.8) is 0 Å². The minimum Gasteiger partial charge on any atom is -0.469 e. The second-order valence-electron chi connectivity index (χ2n) is 15.5. The smallest absolute Gasteiger partial charge is 0.252 e. The van der Waals surface area contributed by atoms with Crippen molar-refractivity contribution in [1.82, 2.24) is 25.2 Å². The Balaban J connectivity index is 1.30. The number of rotatable bonds is 5. The summed E-state index contributed by atoms with van der Waals surface area (Å²) in [4.78, 5) is 37.8. The van der Waals surface area contributed by atoms with Crippen molar-refractivity contribution in [3.05, 3.63) is 93.2 Å². The van der Waals surface area contributed by atoms with Crippen LogP contribution in [-0.2, 0) is 28.5 Å². The minimum absolute atomic E-state index is 0.0985. The van der Waals surface area contributed by atoms with E-state index in [-0.39, 0.29) is 53.6 Å². The molecule has 1 unspecified atom stereocenters. The number of fused-ring (bicyclic) bond motifs is 7. The molecule has 0 saturated heterocycles. The van der Waals surface area contributed by atoms with Crippen molar-refractivity contribution in [3.8, 4) is 39.8 Å². The number of hydrogen-bond acceptors (Lipinski definition) is 9. The van der Waals surface area contributed by atoms with Gasteiger partial charge in [0.05, 0.1) is 11.1 Å². The van der Waals surface area contributed by atoms with E-state index < -0.39 is 41.1 Å². The van der Waals surface area contributed by atoms with Gasteiger partial charge in [0.15, 0.2) is 28.6 Å². The number of carbonyl (C=O) groups is 2. The molecule has 0 radical (unpaired) electrons. The van der Waals surface area contributed by atoms with Crippen LogP contribution in [0.25, 0.3) is 44.9 Å². The van der Waals surface area contributed by atoms with Gasteiger partial charge in [-0.15, -0.1) is 0 Å². The first-order chi connectivity index (χ1) is 26.9. The molecule has 0 aliphatic carbocycles. The SMILES string of the molecule is CCC(O)(CC)C(=O)N[C@H]1Cc2ccc3c(c2)[C@]24c5cccc(c5NC2O3)-c2cccc3c2c(c(Cl)n3C)-c2oc(nc2Cl)-c2nc(oc24)[C@H](C(C)C)NC1=O. The first-order valence-electron chi connectivity index (χ1n) is 18.9. The molecule has 7 heterocycles. The third-order valence-electron chi connectivity index (χ3n) is 12.2. The molecule has 10 rings (SSSR count). The van der Waals surface area contributed by atoms with Crippen LogP contribution in [0.4, 0.5) is 5.69 Å². The molecule has 3 aromatic heterocycles. The summed E-state index contributed by atoms with van der Waals surface area (Å²) in [6.45, 7) is 7.38. The van der Waals surface area contributed by atoms with Gasteiger partial charge in [0.1, 0.15) is 34.0 Å². The first-order valence-corrected chi connectivity index (χ1v) is 19.6. The Labute approximate surface area is 331 Å². The molecule has 286 valence electrons. The highest BCUT2D eigenvalue weighted by Crippen LogP contribution is 2.62. The number of ether oxygens (including phenoxy) is 1. The van der Waals surface area contributed by atoms with E-state index in [2.05, 4.69) is 34.1 Å². The number of para-hydroxylation sites is 1. The topological polar surface area (TPSA) is 157 Å². The van der Waals surface area contributed by atoms with E-state index in [4.69, 9.17) is 46.7 Å². The van der Waals surface area contributed by atoms with Crippen LogP contribution in [0.15, 0.2) is 63.4 Å². The molecule has 6 aromatic rings. The third kappa shape index (κ3) is 4.57. The summed E-state index contributed by atoms with van der Waals surface area (Å²) < 4.78 is 22.4. The molecule has 10 bridgehead atoms. The Bertz CT molecular complexity index is 2670. The highest BCUT2D eigenvalue weighted by atomic mass is 35.5. The number of benzene rings is 3. The third-order valence-corrected chi connectivity index (χ3v) is 12.9. The molecule has 4 atom stereocenters. The zero-order chi connectivity index (χ0) is 39.0. The van der Waals surface area contributed by atoms with Crippen LogP contribution >= 0.6 is 23.2 Å². The summed E-state index contributed by atoms with van der Waals surface area (Å²) in [5.41, 5.74) is 4.03. The van der Waals surface area contributed by atoms with Crippen LogP contribution in [0, 0.1) is 5.92 Å². The molecule has 4 aliphatic rings. The maximum Gasteiger partial charge on any atom is 0.252 e. The van der Waals surface area contributed by atoms with Crippen LogP contribution in [0.5, 0.6) is 5.75 Å². The Kier molecular flexibility index (Phi) is 7.59. The summed E-state index contributed by atoms with van der Waals surface area (Å²) in [7, 11) is 1.90. The van der Waals surface area contributed by atoms with E-state index in [9.17, 15) is 14.7 Å². The molecule has 1 spiro atoms. The van der Waals surface area contributed by atoms with Gasteiger partial charge >= 0.3 is 0 Å². The predicted octanol–water partition coefficient (Wildman–Crippen LogP) is 7.66. The standard InChI is InChI=1S/C42H38Cl2N6O6/c1-6-41(53,7-2)39(52)45-24-17-19-14-15-26-23(16-19)42-22-12-8-11-21(30(22)48-40(42)54-26)20-10-9-13-25-27(20)28(35(44)50(25)5)32-34(43)49-38(55-32)31-33(42)56-37(47-31)29(18(3)4)46-36(24)51/h8-16,18,24,29,40,48,53H,6-7,17H2,1-5H3,(H,45,52)(H,46,51)/t24-,29-,40?,42-/m0/s1. The van der Waals surface area contributed by atoms with Gasteiger partial charge < -0.3 is 39.2 Å². The normalized spacial score (nSPS) is 21.5. The van der Waals surface area contributed by atoms with Gasteiger partial charge in [-0.3, -0.25) is 9.59 Å². The molecule has 12 nitrogen and oxygen atoms in total. The summed E-state index contributed by atoms with van der Waals surface area (Å²) in [6.07, 6.45) is -0.195. The number of oxazole rings is 2. The second kappa shape index (κ2) is 12.1. The molecule has 14 heteroatoms. The maximum atomic E-state index is 14.3. The fourth-order valence-corrected chi connectivity index (χ4v) is 9.54. The van der Waals surface area contributed by atoms with Crippen molar-refractivity contribution in [2.24, 2.45) is 13.0 Å². The molecule has 0 fully saturated rings. The molecule has 2 amide bonds. The van der Waals surface area contributed by atoms with Gasteiger partial charge in [-0.05, 0) is 42.0 Å². The van der Waals surface area contributed by atoms with Gasteiger partial charge in [0.2, 0.25) is 11.8 Å². The Morgan fingerprint density at radius 3 is 2.59 bits per heavy atom. The van der Waals surface area contributed by atoms with Crippen LogP contribution in [0.2, 0.25) is 10.3 Å². The summed E-state index contributed by atoms with van der Waals surface area (Å²) in [6, 6.07) is 16.2. The van der Waals surface area contributed by atoms with Gasteiger partial charge in [-0.2, -0.15) is 4.98 Å². The fourth-order valence-electron chi connectivity index (χ4n) is 9.06. The lowest BCUT2D eigenvalue weighted by Gasteiger charge is -2.30. The van der Waals surface area contributed by atoms with Crippen molar-refractivity contribution >= 4 is 51.6 Å². The molecule has 56 heavy (non-hydrogen) atoms. The Morgan fingerprint density at radius 2 is 1.82 bits per heavy atom. The number of nitrogens with one attached hydrogen (secondary N) is 3. The molecule has 3 aromatic carbocycles. The van der Waals surface area contributed by atoms with E-state index in [1.165, 1.54) is 0 Å². The van der Waals surface area contributed by atoms with E-state index in [0.29, 0.717) is 22.2 Å².